The van der Waals surface area contributed by atoms with Crippen molar-refractivity contribution in [3.63, 3.8) is 0 Å². The molecule has 1 saturated heterocycles. The molecule has 0 aliphatic carbocycles. The molecule has 0 spiro atoms. The number of alkyl halides is 3. The number of nitrogens with zero attached hydrogens (tertiary/aromatic N) is 5. The normalized spacial score (nSPS) is 23.8. The SMILES string of the molecule is CC1(C2CCN(c3ncc(C(F)(F)F)cn3)CC2)Cc2cc(C3=CCN(S(C)(=O)=O)CC3)ncc2O1. The lowest BCUT2D eigenvalue weighted by Gasteiger charge is -2.40. The highest BCUT2D eigenvalue weighted by Crippen LogP contribution is 2.43. The number of rotatable bonds is 4. The molecule has 5 heterocycles. The quantitative estimate of drug-likeness (QED) is 0.606. The van der Waals surface area contributed by atoms with Gasteiger partial charge in [-0.25, -0.2) is 18.4 Å². The number of halogens is 3. The van der Waals surface area contributed by atoms with Gasteiger partial charge in [0.25, 0.3) is 0 Å². The number of hydrogen-bond donors (Lipinski definition) is 0. The van der Waals surface area contributed by atoms with E-state index in [1.54, 1.807) is 6.20 Å². The van der Waals surface area contributed by atoms with Crippen LogP contribution >= 0.6 is 0 Å². The summed E-state index contributed by atoms with van der Waals surface area (Å²) in [6, 6.07) is 2.05. The van der Waals surface area contributed by atoms with Gasteiger partial charge in [-0.15, -0.1) is 0 Å². The smallest absolute Gasteiger partial charge is 0.419 e. The Morgan fingerprint density at radius 2 is 1.78 bits per heavy atom. The number of anilines is 1. The topological polar surface area (TPSA) is 88.5 Å². The third-order valence-electron chi connectivity index (χ3n) is 7.41. The monoisotopic (exact) mass is 523 g/mol. The number of hydrogen-bond acceptors (Lipinski definition) is 7. The van der Waals surface area contributed by atoms with Crippen molar-refractivity contribution in [1.29, 1.82) is 0 Å². The average molecular weight is 524 g/mol. The van der Waals surface area contributed by atoms with Crippen LogP contribution in [-0.4, -0.2) is 65.7 Å². The molecule has 3 aliphatic heterocycles. The Kier molecular flexibility index (Phi) is 6.22. The largest absolute Gasteiger partial charge is 0.485 e. The Morgan fingerprint density at radius 1 is 1.08 bits per heavy atom. The van der Waals surface area contributed by atoms with Crippen molar-refractivity contribution < 1.29 is 26.3 Å². The van der Waals surface area contributed by atoms with Crippen molar-refractivity contribution in [3.8, 4) is 5.75 Å². The van der Waals surface area contributed by atoms with Crippen LogP contribution in [0.1, 0.15) is 43.0 Å². The molecule has 0 bridgehead atoms. The summed E-state index contributed by atoms with van der Waals surface area (Å²) in [6.45, 7) is 4.17. The van der Waals surface area contributed by atoms with Gasteiger partial charge in [-0.3, -0.25) is 4.98 Å². The molecule has 0 saturated carbocycles. The third kappa shape index (κ3) is 4.93. The van der Waals surface area contributed by atoms with Gasteiger partial charge in [0.1, 0.15) is 11.4 Å². The number of aromatic nitrogens is 3. The van der Waals surface area contributed by atoms with Gasteiger partial charge in [0, 0.05) is 56.5 Å². The molecule has 0 amide bonds. The van der Waals surface area contributed by atoms with E-state index in [4.69, 9.17) is 4.74 Å². The minimum Gasteiger partial charge on any atom is -0.485 e. The Labute approximate surface area is 208 Å². The predicted molar refractivity (Wildman–Crippen MR) is 128 cm³/mol. The number of pyridine rings is 1. The molecule has 12 heteroatoms. The van der Waals surface area contributed by atoms with Crippen LogP contribution in [0.15, 0.2) is 30.7 Å². The van der Waals surface area contributed by atoms with Crippen LogP contribution in [0.3, 0.4) is 0 Å². The van der Waals surface area contributed by atoms with Gasteiger partial charge in [-0.1, -0.05) is 6.08 Å². The van der Waals surface area contributed by atoms with Gasteiger partial charge in [-0.05, 0) is 37.8 Å². The van der Waals surface area contributed by atoms with E-state index in [0.29, 0.717) is 38.5 Å². The molecule has 1 unspecified atom stereocenters. The van der Waals surface area contributed by atoms with E-state index in [-0.39, 0.29) is 5.92 Å². The molecule has 8 nitrogen and oxygen atoms in total. The maximum atomic E-state index is 12.8. The Morgan fingerprint density at radius 3 is 2.36 bits per heavy atom. The highest BCUT2D eigenvalue weighted by atomic mass is 32.2. The van der Waals surface area contributed by atoms with Gasteiger partial charge in [0.2, 0.25) is 16.0 Å². The highest BCUT2D eigenvalue weighted by molar-refractivity contribution is 7.88. The van der Waals surface area contributed by atoms with Crippen molar-refractivity contribution in [2.75, 3.05) is 37.3 Å². The van der Waals surface area contributed by atoms with E-state index < -0.39 is 27.4 Å². The standard InChI is InChI=1S/C24H28F3N5O3S/c1-23(18-5-7-31(8-6-18)22-29-13-19(14-30-22)24(25,26)27)12-17-11-20(28-15-21(17)35-23)16-3-9-32(10-4-16)36(2,33)34/h3,11,13-15,18H,4-10,12H2,1-2H3. The fraction of sp³-hybridized carbons (Fsp3) is 0.542. The second kappa shape index (κ2) is 8.98. The van der Waals surface area contributed by atoms with E-state index in [2.05, 4.69) is 21.9 Å². The Hall–Kier alpha value is -2.73. The van der Waals surface area contributed by atoms with Crippen molar-refractivity contribution in [3.05, 3.63) is 47.6 Å². The third-order valence-corrected chi connectivity index (χ3v) is 8.68. The first-order valence-electron chi connectivity index (χ1n) is 11.9. The number of ether oxygens (including phenoxy) is 1. The minimum atomic E-state index is -4.45. The maximum Gasteiger partial charge on any atom is 0.419 e. The van der Waals surface area contributed by atoms with Crippen LogP contribution in [0.25, 0.3) is 5.57 Å². The fourth-order valence-corrected chi connectivity index (χ4v) is 6.06. The summed E-state index contributed by atoms with van der Waals surface area (Å²) in [5.74, 6) is 1.34. The molecule has 0 radical (unpaired) electrons. The lowest BCUT2D eigenvalue weighted by Crippen LogP contribution is -2.46. The summed E-state index contributed by atoms with van der Waals surface area (Å²) in [5, 5.41) is 0. The molecule has 194 valence electrons. The van der Waals surface area contributed by atoms with E-state index in [0.717, 1.165) is 54.2 Å². The molecular weight excluding hydrogens is 495 g/mol. The van der Waals surface area contributed by atoms with E-state index >= 15 is 0 Å². The number of fused-ring (bicyclic) bond motifs is 1. The molecule has 2 aromatic rings. The lowest BCUT2D eigenvalue weighted by molar-refractivity contribution is -0.138. The summed E-state index contributed by atoms with van der Waals surface area (Å²) in [5.41, 5.74) is 1.72. The zero-order valence-corrected chi connectivity index (χ0v) is 20.9. The summed E-state index contributed by atoms with van der Waals surface area (Å²) < 4.78 is 69.7. The first-order chi connectivity index (χ1) is 16.9. The molecule has 5 rings (SSSR count). The zero-order valence-electron chi connectivity index (χ0n) is 20.1. The molecule has 1 fully saturated rings. The van der Waals surface area contributed by atoms with Gasteiger partial charge < -0.3 is 9.64 Å². The van der Waals surface area contributed by atoms with Crippen LogP contribution < -0.4 is 9.64 Å². The van der Waals surface area contributed by atoms with Crippen LogP contribution in [-0.2, 0) is 22.6 Å². The second-order valence-electron chi connectivity index (χ2n) is 9.90. The molecule has 0 N–H and O–H groups in total. The summed E-state index contributed by atoms with van der Waals surface area (Å²) in [6.07, 6.45) is 5.08. The molecule has 1 atom stereocenters. The summed E-state index contributed by atoms with van der Waals surface area (Å²) >= 11 is 0. The first kappa shape index (κ1) is 24.9. The van der Waals surface area contributed by atoms with E-state index in [1.807, 2.05) is 17.0 Å². The summed E-state index contributed by atoms with van der Waals surface area (Å²) in [4.78, 5) is 14.3. The minimum absolute atomic E-state index is 0.260. The average Bonchev–Trinajstić information content (AvgIpc) is 3.20. The Bertz CT molecular complexity index is 1270. The Balaban J connectivity index is 1.22. The van der Waals surface area contributed by atoms with Gasteiger partial charge >= 0.3 is 6.18 Å². The van der Waals surface area contributed by atoms with Gasteiger partial charge in [-0.2, -0.15) is 17.5 Å². The molecule has 2 aromatic heterocycles. The number of sulfonamides is 1. The maximum absolute atomic E-state index is 12.8. The van der Waals surface area contributed by atoms with Gasteiger partial charge in [0.05, 0.1) is 23.7 Å². The predicted octanol–water partition coefficient (Wildman–Crippen LogP) is 3.55. The summed E-state index contributed by atoms with van der Waals surface area (Å²) in [7, 11) is -3.21. The van der Waals surface area contributed by atoms with Crippen molar-refractivity contribution in [1.82, 2.24) is 19.3 Å². The molecule has 0 aromatic carbocycles. The molecular formula is C24H28F3N5O3S. The van der Waals surface area contributed by atoms with Crippen molar-refractivity contribution in [2.45, 2.75) is 44.4 Å². The first-order valence-corrected chi connectivity index (χ1v) is 13.7. The second-order valence-corrected chi connectivity index (χ2v) is 11.9. The lowest BCUT2D eigenvalue weighted by atomic mass is 9.79. The van der Waals surface area contributed by atoms with Crippen LogP contribution in [0.4, 0.5) is 19.1 Å². The highest BCUT2D eigenvalue weighted by Gasteiger charge is 2.44. The van der Waals surface area contributed by atoms with Crippen molar-refractivity contribution >= 4 is 21.5 Å². The molecule has 3 aliphatic rings. The van der Waals surface area contributed by atoms with Crippen LogP contribution in [0.5, 0.6) is 5.75 Å². The van der Waals surface area contributed by atoms with E-state index in [9.17, 15) is 21.6 Å². The molecule has 36 heavy (non-hydrogen) atoms. The van der Waals surface area contributed by atoms with Crippen LogP contribution in [0, 0.1) is 5.92 Å². The fourth-order valence-electron chi connectivity index (χ4n) is 5.29. The van der Waals surface area contributed by atoms with Crippen LogP contribution in [0.2, 0.25) is 0 Å². The van der Waals surface area contributed by atoms with E-state index in [1.165, 1.54) is 10.6 Å². The van der Waals surface area contributed by atoms with Gasteiger partial charge in [0.15, 0.2) is 0 Å². The van der Waals surface area contributed by atoms with Crippen molar-refractivity contribution in [2.24, 2.45) is 5.92 Å². The zero-order chi connectivity index (χ0) is 25.7. The number of piperidine rings is 1.